The zero-order valence-electron chi connectivity index (χ0n) is 24.3. The predicted molar refractivity (Wildman–Crippen MR) is 152 cm³/mol. The summed E-state index contributed by atoms with van der Waals surface area (Å²) in [4.78, 5) is 0. The van der Waals surface area contributed by atoms with Gasteiger partial charge in [0.25, 0.3) is 0 Å². The predicted octanol–water partition coefficient (Wildman–Crippen LogP) is 10.6. The Balaban J connectivity index is 1.30. The van der Waals surface area contributed by atoms with Crippen LogP contribution in [0.15, 0.2) is 24.3 Å². The van der Waals surface area contributed by atoms with Crippen molar-refractivity contribution in [2.75, 3.05) is 0 Å². The number of hydrogen-bond acceptors (Lipinski definition) is 0. The van der Waals surface area contributed by atoms with Crippen LogP contribution in [-0.2, 0) is 0 Å². The SMILES string of the molecule is Cc1ccc(C2CC[C@]3(C)C4CC[C@@]5(C)[C@@H](CC[C@]5(C)[C@H](C)CCCC(C)C)[C@@H]4CC[C@H]3C2)cc1. The van der Waals surface area contributed by atoms with E-state index in [1.807, 2.05) is 0 Å². The van der Waals surface area contributed by atoms with Crippen LogP contribution in [0, 0.1) is 58.7 Å². The molecule has 0 aromatic heterocycles. The minimum Gasteiger partial charge on any atom is -0.0628 e. The lowest BCUT2D eigenvalue weighted by molar-refractivity contribution is -0.133. The molecule has 35 heavy (non-hydrogen) atoms. The lowest BCUT2D eigenvalue weighted by atomic mass is 9.42. The lowest BCUT2D eigenvalue weighted by Gasteiger charge is -2.63. The third kappa shape index (κ3) is 4.26. The van der Waals surface area contributed by atoms with Crippen LogP contribution >= 0.6 is 0 Å². The van der Waals surface area contributed by atoms with Crippen LogP contribution in [0.4, 0.5) is 0 Å². The van der Waals surface area contributed by atoms with E-state index in [0.717, 1.165) is 41.4 Å². The van der Waals surface area contributed by atoms with Gasteiger partial charge in [0.05, 0.1) is 0 Å². The van der Waals surface area contributed by atoms with Crippen molar-refractivity contribution in [2.45, 2.75) is 131 Å². The molecule has 0 N–H and O–H groups in total. The average Bonchev–Trinajstić information content (AvgIpc) is 3.10. The molecule has 0 amide bonds. The third-order valence-electron chi connectivity index (χ3n) is 13.4. The molecule has 0 bridgehead atoms. The fraction of sp³-hybridized carbons (Fsp3) is 0.829. The van der Waals surface area contributed by atoms with E-state index in [-0.39, 0.29) is 0 Å². The summed E-state index contributed by atoms with van der Waals surface area (Å²) in [5.41, 5.74) is 4.76. The van der Waals surface area contributed by atoms with Gasteiger partial charge in [-0.3, -0.25) is 0 Å². The van der Waals surface area contributed by atoms with E-state index < -0.39 is 0 Å². The van der Waals surface area contributed by atoms with Gasteiger partial charge >= 0.3 is 0 Å². The van der Waals surface area contributed by atoms with Crippen molar-refractivity contribution in [3.8, 4) is 0 Å². The van der Waals surface area contributed by atoms with E-state index in [4.69, 9.17) is 0 Å². The summed E-state index contributed by atoms with van der Waals surface area (Å²) in [6.45, 7) is 17.9. The fourth-order valence-electron chi connectivity index (χ4n) is 10.7. The Hall–Kier alpha value is -0.780. The highest BCUT2D eigenvalue weighted by atomic mass is 14.7. The first-order valence-electron chi connectivity index (χ1n) is 15.6. The van der Waals surface area contributed by atoms with Crippen molar-refractivity contribution in [3.63, 3.8) is 0 Å². The molecule has 4 fully saturated rings. The van der Waals surface area contributed by atoms with Gasteiger partial charge in [0, 0.05) is 0 Å². The normalized spacial score (nSPS) is 43.9. The van der Waals surface area contributed by atoms with Gasteiger partial charge in [0.1, 0.15) is 0 Å². The van der Waals surface area contributed by atoms with Crippen molar-refractivity contribution in [1.82, 2.24) is 0 Å². The van der Waals surface area contributed by atoms with E-state index >= 15 is 0 Å². The summed E-state index contributed by atoms with van der Waals surface area (Å²) in [6.07, 6.45) is 17.7. The van der Waals surface area contributed by atoms with Crippen molar-refractivity contribution < 1.29 is 0 Å². The summed E-state index contributed by atoms with van der Waals surface area (Å²) in [5, 5.41) is 0. The van der Waals surface area contributed by atoms with Crippen LogP contribution < -0.4 is 0 Å². The number of benzene rings is 1. The molecule has 1 aromatic carbocycles. The van der Waals surface area contributed by atoms with Crippen molar-refractivity contribution in [2.24, 2.45) is 51.8 Å². The molecule has 0 spiro atoms. The molecule has 196 valence electrons. The second-order valence-electron chi connectivity index (χ2n) is 15.2. The smallest absolute Gasteiger partial charge is 0.0159 e. The first kappa shape index (κ1) is 25.9. The standard InChI is InChI=1S/C35H56/c1-24(2)9-8-10-26(4)34(6)21-19-32-30-16-15-29-23-28(27-13-11-25(3)12-14-27)17-20-33(29,5)31(30)18-22-35(32,34)7/h11-14,24,26,28-32H,8-10,15-23H2,1-7H3/t26-,28?,29+,30-,31?,32+,33+,34-,35+/m1/s1. The van der Waals surface area contributed by atoms with Gasteiger partial charge in [-0.2, -0.15) is 0 Å². The third-order valence-corrected chi connectivity index (χ3v) is 13.4. The Morgan fingerprint density at radius 3 is 2.23 bits per heavy atom. The summed E-state index contributed by atoms with van der Waals surface area (Å²) in [6, 6.07) is 9.54. The van der Waals surface area contributed by atoms with Crippen LogP contribution in [0.2, 0.25) is 0 Å². The Bertz CT molecular complexity index is 865. The molecule has 0 heteroatoms. The molecule has 1 aromatic rings. The van der Waals surface area contributed by atoms with Gasteiger partial charge < -0.3 is 0 Å². The van der Waals surface area contributed by atoms with E-state index in [0.29, 0.717) is 16.2 Å². The second-order valence-corrected chi connectivity index (χ2v) is 15.2. The van der Waals surface area contributed by atoms with Gasteiger partial charge in [-0.15, -0.1) is 0 Å². The Morgan fingerprint density at radius 1 is 0.800 bits per heavy atom. The van der Waals surface area contributed by atoms with Crippen molar-refractivity contribution in [1.29, 1.82) is 0 Å². The van der Waals surface area contributed by atoms with E-state index in [9.17, 15) is 0 Å². The summed E-state index contributed by atoms with van der Waals surface area (Å²) in [7, 11) is 0. The highest BCUT2D eigenvalue weighted by Gasteiger charge is 2.64. The van der Waals surface area contributed by atoms with Gasteiger partial charge in [-0.1, -0.05) is 90.6 Å². The van der Waals surface area contributed by atoms with Crippen LogP contribution in [-0.4, -0.2) is 0 Å². The van der Waals surface area contributed by atoms with E-state index in [1.54, 1.807) is 5.56 Å². The maximum atomic E-state index is 2.77. The van der Waals surface area contributed by atoms with Crippen molar-refractivity contribution >= 4 is 0 Å². The van der Waals surface area contributed by atoms with Gasteiger partial charge in [-0.25, -0.2) is 0 Å². The van der Waals surface area contributed by atoms with E-state index in [2.05, 4.69) is 72.7 Å². The zero-order chi connectivity index (χ0) is 25.0. The first-order chi connectivity index (χ1) is 16.6. The van der Waals surface area contributed by atoms with Crippen LogP contribution in [0.5, 0.6) is 0 Å². The van der Waals surface area contributed by atoms with Crippen LogP contribution in [0.1, 0.15) is 136 Å². The first-order valence-corrected chi connectivity index (χ1v) is 15.6. The van der Waals surface area contributed by atoms with Gasteiger partial charge in [0.15, 0.2) is 0 Å². The average molecular weight is 477 g/mol. The van der Waals surface area contributed by atoms with Gasteiger partial charge in [-0.05, 0) is 128 Å². The molecular formula is C35H56. The lowest BCUT2D eigenvalue weighted by Crippen LogP contribution is -2.55. The molecule has 4 aliphatic carbocycles. The Kier molecular flexibility index (Phi) is 7.02. The highest BCUT2D eigenvalue weighted by Crippen LogP contribution is 2.72. The molecule has 0 heterocycles. The summed E-state index contributed by atoms with van der Waals surface area (Å²) < 4.78 is 0. The monoisotopic (exact) mass is 476 g/mol. The molecule has 5 rings (SSSR count). The minimum atomic E-state index is 0.556. The molecule has 4 saturated carbocycles. The number of hydrogen-bond donors (Lipinski definition) is 0. The molecule has 0 aliphatic heterocycles. The molecule has 2 unspecified atom stereocenters. The molecule has 4 aliphatic rings. The Morgan fingerprint density at radius 2 is 1.51 bits per heavy atom. The maximum absolute atomic E-state index is 2.77. The maximum Gasteiger partial charge on any atom is -0.0159 e. The topological polar surface area (TPSA) is 0 Å². The van der Waals surface area contributed by atoms with Crippen LogP contribution in [0.3, 0.4) is 0 Å². The minimum absolute atomic E-state index is 0.556. The Labute approximate surface area is 218 Å². The zero-order valence-corrected chi connectivity index (χ0v) is 24.3. The number of fused-ring (bicyclic) bond motifs is 5. The largest absolute Gasteiger partial charge is 0.0628 e. The fourth-order valence-corrected chi connectivity index (χ4v) is 10.7. The summed E-state index contributed by atoms with van der Waals surface area (Å²) in [5.74, 6) is 6.49. The van der Waals surface area contributed by atoms with Crippen LogP contribution in [0.25, 0.3) is 0 Å². The number of rotatable bonds is 6. The summed E-state index contributed by atoms with van der Waals surface area (Å²) >= 11 is 0. The van der Waals surface area contributed by atoms with E-state index in [1.165, 1.54) is 82.6 Å². The highest BCUT2D eigenvalue weighted by molar-refractivity contribution is 5.26. The van der Waals surface area contributed by atoms with Gasteiger partial charge in [0.2, 0.25) is 0 Å². The van der Waals surface area contributed by atoms with Crippen molar-refractivity contribution in [3.05, 3.63) is 35.4 Å². The molecule has 9 atom stereocenters. The number of aryl methyl sites for hydroxylation is 1. The molecule has 0 nitrogen and oxygen atoms in total. The molecule has 0 radical (unpaired) electrons. The molecule has 0 saturated heterocycles. The quantitative estimate of drug-likeness (QED) is 0.383. The molecular weight excluding hydrogens is 420 g/mol. The second kappa shape index (κ2) is 9.51.